The number of phenols is 1. The van der Waals surface area contributed by atoms with Gasteiger partial charge in [-0.2, -0.15) is 0 Å². The van der Waals surface area contributed by atoms with Gasteiger partial charge in [-0.25, -0.2) is 13.6 Å². The van der Waals surface area contributed by atoms with Crippen LogP contribution in [0, 0.1) is 5.82 Å². The van der Waals surface area contributed by atoms with Crippen LogP contribution in [-0.2, 0) is 9.53 Å². The molecule has 2 atom stereocenters. The fourth-order valence-corrected chi connectivity index (χ4v) is 1.67. The Balaban J connectivity index is 0.00000324. The van der Waals surface area contributed by atoms with Crippen LogP contribution in [0.1, 0.15) is 18.5 Å². The van der Waals surface area contributed by atoms with Gasteiger partial charge in [0.1, 0.15) is 0 Å². The lowest BCUT2D eigenvalue weighted by molar-refractivity contribution is -0.149. The van der Waals surface area contributed by atoms with Crippen molar-refractivity contribution >= 4 is 34.3 Å². The van der Waals surface area contributed by atoms with Crippen molar-refractivity contribution in [2.75, 3.05) is 6.61 Å². The summed E-state index contributed by atoms with van der Waals surface area (Å²) in [6.45, 7) is 1.53. The Bertz CT molecular complexity index is 462. The minimum absolute atomic E-state index is 0. The van der Waals surface area contributed by atoms with Crippen molar-refractivity contribution in [2.45, 2.75) is 19.1 Å². The lowest BCUT2D eigenvalue weighted by Crippen LogP contribution is -2.31. The fourth-order valence-electron chi connectivity index (χ4n) is 1.35. The van der Waals surface area contributed by atoms with Crippen molar-refractivity contribution in [3.8, 4) is 5.75 Å². The molecule has 8 heteroatoms. The second kappa shape index (κ2) is 7.62. The predicted molar refractivity (Wildman–Crippen MR) is 71.5 cm³/mol. The van der Waals surface area contributed by atoms with Gasteiger partial charge in [-0.15, -0.1) is 12.4 Å². The smallest absolute Gasteiger partial charge is 0.342 e. The molecule has 0 aliphatic rings. The van der Waals surface area contributed by atoms with E-state index in [1.807, 2.05) is 0 Å². The van der Waals surface area contributed by atoms with E-state index in [-0.39, 0.29) is 29.1 Å². The summed E-state index contributed by atoms with van der Waals surface area (Å²) in [5.41, 5.74) is 5.27. The first-order valence-corrected chi connectivity index (χ1v) is 5.92. The van der Waals surface area contributed by atoms with Crippen LogP contribution in [0.3, 0.4) is 0 Å². The van der Waals surface area contributed by atoms with Crippen molar-refractivity contribution in [1.82, 2.24) is 0 Å². The van der Waals surface area contributed by atoms with Gasteiger partial charge in [0.2, 0.25) is 6.17 Å². The lowest BCUT2D eigenvalue weighted by Gasteiger charge is -2.17. The molecule has 3 N–H and O–H groups in total. The molecule has 0 heterocycles. The number of aromatic hydroxyl groups is 1. The van der Waals surface area contributed by atoms with E-state index in [1.54, 1.807) is 0 Å². The van der Waals surface area contributed by atoms with Gasteiger partial charge in [-0.3, -0.25) is 0 Å². The van der Waals surface area contributed by atoms with E-state index in [0.717, 1.165) is 0 Å². The van der Waals surface area contributed by atoms with E-state index in [9.17, 15) is 18.7 Å². The molecule has 19 heavy (non-hydrogen) atoms. The van der Waals surface area contributed by atoms with Crippen LogP contribution in [-0.4, -0.2) is 23.9 Å². The van der Waals surface area contributed by atoms with Gasteiger partial charge in [-0.05, 0) is 28.9 Å². The van der Waals surface area contributed by atoms with Crippen molar-refractivity contribution < 1.29 is 23.4 Å². The maximum Gasteiger partial charge on any atom is 0.342 e. The number of hydrogen-bond donors (Lipinski definition) is 2. The molecule has 0 saturated carbocycles. The van der Waals surface area contributed by atoms with Crippen molar-refractivity contribution in [3.05, 3.63) is 28.0 Å². The van der Waals surface area contributed by atoms with Gasteiger partial charge in [0.15, 0.2) is 11.6 Å². The van der Waals surface area contributed by atoms with Gasteiger partial charge >= 0.3 is 5.97 Å². The highest BCUT2D eigenvalue weighted by Gasteiger charge is 2.30. The largest absolute Gasteiger partial charge is 0.505 e. The first-order chi connectivity index (χ1) is 8.40. The number of nitrogens with two attached hydrogens (primary N) is 1. The fraction of sp³-hybridized carbons (Fsp3) is 0.364. The zero-order valence-corrected chi connectivity index (χ0v) is 12.3. The molecule has 1 aromatic carbocycles. The molecule has 0 aliphatic carbocycles. The molecule has 108 valence electrons. The van der Waals surface area contributed by atoms with Crippen molar-refractivity contribution in [3.63, 3.8) is 0 Å². The number of carbonyl (C=O) groups excluding carboxylic acids is 1. The van der Waals surface area contributed by atoms with Crippen LogP contribution < -0.4 is 5.73 Å². The van der Waals surface area contributed by atoms with E-state index in [0.29, 0.717) is 0 Å². The third kappa shape index (κ3) is 4.02. The first-order valence-electron chi connectivity index (χ1n) is 5.13. The van der Waals surface area contributed by atoms with Gasteiger partial charge in [0.25, 0.3) is 0 Å². The number of rotatable bonds is 4. The molecule has 4 nitrogen and oxygen atoms in total. The van der Waals surface area contributed by atoms with Gasteiger partial charge < -0.3 is 15.6 Å². The number of halogens is 4. The van der Waals surface area contributed by atoms with Crippen LogP contribution in [0.2, 0.25) is 0 Å². The second-order valence-corrected chi connectivity index (χ2v) is 4.33. The maximum atomic E-state index is 13.6. The molecule has 1 rings (SSSR count). The predicted octanol–water partition coefficient (Wildman–Crippen LogP) is 2.62. The molecule has 0 radical (unpaired) electrons. The highest BCUT2D eigenvalue weighted by Crippen LogP contribution is 2.33. The second-order valence-electron chi connectivity index (χ2n) is 3.48. The SMILES string of the molecule is CCOC(=O)C(F)[C@H](N)c1ccc(Br)c(F)c1O.Cl. The first kappa shape index (κ1) is 18.1. The summed E-state index contributed by atoms with van der Waals surface area (Å²) in [7, 11) is 0. The number of alkyl halides is 1. The Morgan fingerprint density at radius 2 is 2.16 bits per heavy atom. The summed E-state index contributed by atoms with van der Waals surface area (Å²) in [5, 5.41) is 9.51. The average Bonchev–Trinajstić information content (AvgIpc) is 2.35. The monoisotopic (exact) mass is 359 g/mol. The normalized spacial score (nSPS) is 13.3. The molecular formula is C11H13BrClF2NO3. The van der Waals surface area contributed by atoms with Crippen LogP contribution >= 0.6 is 28.3 Å². The van der Waals surface area contributed by atoms with E-state index in [4.69, 9.17) is 5.73 Å². The number of carbonyl (C=O) groups is 1. The summed E-state index contributed by atoms with van der Waals surface area (Å²) < 4.78 is 31.5. The molecule has 0 amide bonds. The molecule has 0 saturated heterocycles. The summed E-state index contributed by atoms with van der Waals surface area (Å²) in [6.07, 6.45) is -2.17. The van der Waals surface area contributed by atoms with Crippen LogP contribution in [0.4, 0.5) is 8.78 Å². The van der Waals surface area contributed by atoms with Crippen molar-refractivity contribution in [2.24, 2.45) is 5.73 Å². The molecule has 0 spiro atoms. The number of esters is 1. The van der Waals surface area contributed by atoms with E-state index >= 15 is 0 Å². The standard InChI is InChI=1S/C11H12BrF2NO3.ClH/c1-2-18-11(17)8(14)9(15)5-3-4-6(12)7(13)10(5)16;/h3-4,8-9,16H,2,15H2,1H3;1H/t8?,9-;/m1./s1. The lowest BCUT2D eigenvalue weighted by atomic mass is 10.0. The Kier molecular flexibility index (Phi) is 7.25. The van der Waals surface area contributed by atoms with Crippen LogP contribution in [0.5, 0.6) is 5.75 Å². The highest BCUT2D eigenvalue weighted by molar-refractivity contribution is 9.10. The molecular weight excluding hydrogens is 347 g/mol. The number of phenolic OH excluding ortho intramolecular Hbond substituents is 1. The summed E-state index contributed by atoms with van der Waals surface area (Å²) in [5.74, 6) is -2.89. The minimum atomic E-state index is -2.17. The Morgan fingerprint density at radius 1 is 1.58 bits per heavy atom. The number of ether oxygens (including phenoxy) is 1. The molecule has 1 unspecified atom stereocenters. The summed E-state index contributed by atoms with van der Waals surface area (Å²) in [6, 6.07) is 1.01. The van der Waals surface area contributed by atoms with E-state index in [2.05, 4.69) is 20.7 Å². The van der Waals surface area contributed by atoms with E-state index < -0.39 is 29.7 Å². The summed E-state index contributed by atoms with van der Waals surface area (Å²) >= 11 is 2.86. The van der Waals surface area contributed by atoms with Gasteiger partial charge in [0, 0.05) is 5.56 Å². The summed E-state index contributed by atoms with van der Waals surface area (Å²) in [4.78, 5) is 11.2. The molecule has 0 aromatic heterocycles. The number of benzene rings is 1. The average molecular weight is 361 g/mol. The van der Waals surface area contributed by atoms with Crippen LogP contribution in [0.25, 0.3) is 0 Å². The maximum absolute atomic E-state index is 13.6. The zero-order chi connectivity index (χ0) is 13.9. The molecule has 0 aliphatic heterocycles. The number of hydrogen-bond acceptors (Lipinski definition) is 4. The molecule has 0 fully saturated rings. The third-order valence-corrected chi connectivity index (χ3v) is 2.90. The Morgan fingerprint density at radius 3 is 2.68 bits per heavy atom. The van der Waals surface area contributed by atoms with Crippen molar-refractivity contribution in [1.29, 1.82) is 0 Å². The zero-order valence-electron chi connectivity index (χ0n) is 9.90. The quantitative estimate of drug-likeness (QED) is 0.810. The van der Waals surface area contributed by atoms with E-state index in [1.165, 1.54) is 19.1 Å². The topological polar surface area (TPSA) is 72.5 Å². The van der Waals surface area contributed by atoms with Crippen LogP contribution in [0.15, 0.2) is 16.6 Å². The highest BCUT2D eigenvalue weighted by atomic mass is 79.9. The van der Waals surface area contributed by atoms with Gasteiger partial charge in [0.05, 0.1) is 17.1 Å². The molecule has 1 aromatic rings. The Hall–Kier alpha value is -0.920. The third-order valence-electron chi connectivity index (χ3n) is 2.29. The van der Waals surface area contributed by atoms with Gasteiger partial charge in [-0.1, -0.05) is 6.07 Å². The minimum Gasteiger partial charge on any atom is -0.505 e. The Labute approximate surface area is 123 Å². The molecule has 0 bridgehead atoms.